The first-order chi connectivity index (χ1) is 9.47. The first kappa shape index (κ1) is 14.7. The Bertz CT molecular complexity index is 642. The molecule has 0 heterocycles. The molecule has 1 atom stereocenters. The van der Waals surface area contributed by atoms with Gasteiger partial charge in [-0.2, -0.15) is 0 Å². The number of hydrogen-bond acceptors (Lipinski definition) is 1. The van der Waals surface area contributed by atoms with Crippen molar-refractivity contribution in [3.8, 4) is 0 Å². The summed E-state index contributed by atoms with van der Waals surface area (Å²) in [6.07, 6.45) is 0. The van der Waals surface area contributed by atoms with Crippen LogP contribution in [0.2, 0.25) is 0 Å². The highest BCUT2D eigenvalue weighted by Crippen LogP contribution is 2.18. The molecule has 2 nitrogen and oxygen atoms in total. The maximum Gasteiger partial charge on any atom is 0.251 e. The lowest BCUT2D eigenvalue weighted by molar-refractivity contribution is 0.0939. The highest BCUT2D eigenvalue weighted by Gasteiger charge is 2.12. The van der Waals surface area contributed by atoms with Crippen LogP contribution in [0.1, 0.15) is 34.5 Å². The molecule has 0 aliphatic rings. The van der Waals surface area contributed by atoms with E-state index in [2.05, 4.69) is 21.2 Å². The normalized spacial score (nSPS) is 12.0. The molecule has 0 spiro atoms. The minimum atomic E-state index is -0.304. The van der Waals surface area contributed by atoms with Crippen molar-refractivity contribution in [1.29, 1.82) is 0 Å². The van der Waals surface area contributed by atoms with E-state index in [-0.39, 0.29) is 17.8 Å². The lowest BCUT2D eigenvalue weighted by Crippen LogP contribution is -2.26. The van der Waals surface area contributed by atoms with Crippen LogP contribution in [0.25, 0.3) is 0 Å². The van der Waals surface area contributed by atoms with Gasteiger partial charge in [-0.1, -0.05) is 28.1 Å². The minimum absolute atomic E-state index is 0.120. The molecule has 1 unspecified atom stereocenters. The van der Waals surface area contributed by atoms with E-state index in [9.17, 15) is 9.18 Å². The van der Waals surface area contributed by atoms with E-state index in [0.717, 1.165) is 10.0 Å². The zero-order valence-corrected chi connectivity index (χ0v) is 12.9. The number of hydrogen-bond donors (Lipinski definition) is 1. The summed E-state index contributed by atoms with van der Waals surface area (Å²) < 4.78 is 14.2. The monoisotopic (exact) mass is 335 g/mol. The van der Waals surface area contributed by atoms with Crippen LogP contribution in [0.3, 0.4) is 0 Å². The largest absolute Gasteiger partial charge is 0.346 e. The Balaban J connectivity index is 2.13. The molecule has 4 heteroatoms. The van der Waals surface area contributed by atoms with Crippen molar-refractivity contribution in [1.82, 2.24) is 5.32 Å². The van der Waals surface area contributed by atoms with E-state index in [1.165, 1.54) is 12.1 Å². The topological polar surface area (TPSA) is 29.1 Å². The van der Waals surface area contributed by atoms with Gasteiger partial charge in [-0.15, -0.1) is 0 Å². The summed E-state index contributed by atoms with van der Waals surface area (Å²) in [5.41, 5.74) is 1.94. The minimum Gasteiger partial charge on any atom is -0.346 e. The molecular weight excluding hydrogens is 321 g/mol. The second-order valence-corrected chi connectivity index (χ2v) is 5.63. The number of halogens is 2. The van der Waals surface area contributed by atoms with Crippen molar-refractivity contribution < 1.29 is 9.18 Å². The molecule has 0 saturated carbocycles. The lowest BCUT2D eigenvalue weighted by atomic mass is 10.1. The molecule has 2 aromatic carbocycles. The van der Waals surface area contributed by atoms with Crippen molar-refractivity contribution in [2.45, 2.75) is 19.9 Å². The van der Waals surface area contributed by atoms with Gasteiger partial charge in [0, 0.05) is 10.0 Å². The Labute approximate surface area is 126 Å². The molecule has 0 aliphatic heterocycles. The van der Waals surface area contributed by atoms with Gasteiger partial charge < -0.3 is 5.32 Å². The van der Waals surface area contributed by atoms with Crippen LogP contribution in [-0.4, -0.2) is 5.91 Å². The maximum absolute atomic E-state index is 13.2. The van der Waals surface area contributed by atoms with E-state index >= 15 is 0 Å². The number of carbonyl (C=O) groups excluding carboxylic acids is 1. The molecule has 0 bridgehead atoms. The first-order valence-corrected chi connectivity index (χ1v) is 7.09. The molecule has 0 fully saturated rings. The van der Waals surface area contributed by atoms with Crippen LogP contribution in [0.4, 0.5) is 4.39 Å². The fraction of sp³-hybridized carbons (Fsp3) is 0.188. The van der Waals surface area contributed by atoms with Crippen LogP contribution < -0.4 is 5.32 Å². The van der Waals surface area contributed by atoms with Crippen LogP contribution >= 0.6 is 15.9 Å². The van der Waals surface area contributed by atoms with Crippen molar-refractivity contribution in [2.24, 2.45) is 0 Å². The lowest BCUT2D eigenvalue weighted by Gasteiger charge is -2.15. The Morgan fingerprint density at radius 3 is 2.65 bits per heavy atom. The van der Waals surface area contributed by atoms with Gasteiger partial charge in [-0.3, -0.25) is 4.79 Å². The summed E-state index contributed by atoms with van der Waals surface area (Å²) in [5, 5.41) is 2.90. The first-order valence-electron chi connectivity index (χ1n) is 6.30. The van der Waals surface area contributed by atoms with Crippen molar-refractivity contribution in [3.05, 3.63) is 69.4 Å². The molecule has 1 amide bonds. The summed E-state index contributed by atoms with van der Waals surface area (Å²) in [6.45, 7) is 3.56. The SMILES string of the molecule is Cc1cc(C(=O)NC(C)c2cccc(Br)c2)ccc1F. The molecular formula is C16H15BrFNO. The number of nitrogens with one attached hydrogen (secondary N) is 1. The van der Waals surface area contributed by atoms with Gasteiger partial charge in [0.15, 0.2) is 0 Å². The van der Waals surface area contributed by atoms with E-state index in [1.807, 2.05) is 31.2 Å². The Morgan fingerprint density at radius 1 is 1.25 bits per heavy atom. The van der Waals surface area contributed by atoms with Gasteiger partial charge in [0.2, 0.25) is 0 Å². The van der Waals surface area contributed by atoms with Gasteiger partial charge in [-0.05, 0) is 55.3 Å². The number of aryl methyl sites for hydroxylation is 1. The summed E-state index contributed by atoms with van der Waals surface area (Å²) >= 11 is 3.40. The van der Waals surface area contributed by atoms with Gasteiger partial charge in [-0.25, -0.2) is 4.39 Å². The third kappa shape index (κ3) is 3.45. The summed E-state index contributed by atoms with van der Waals surface area (Å²) in [6, 6.07) is 12.0. The second-order valence-electron chi connectivity index (χ2n) is 4.71. The predicted octanol–water partition coefficient (Wildman–Crippen LogP) is 4.39. The fourth-order valence-electron chi connectivity index (χ4n) is 1.93. The van der Waals surface area contributed by atoms with E-state index < -0.39 is 0 Å². The molecule has 2 aromatic rings. The molecule has 0 aliphatic carbocycles. The van der Waals surface area contributed by atoms with Crippen molar-refractivity contribution >= 4 is 21.8 Å². The number of amides is 1. The van der Waals surface area contributed by atoms with Crippen LogP contribution in [0.15, 0.2) is 46.9 Å². The van der Waals surface area contributed by atoms with Crippen LogP contribution in [0.5, 0.6) is 0 Å². The highest BCUT2D eigenvalue weighted by molar-refractivity contribution is 9.10. The molecule has 0 radical (unpaired) electrons. The van der Waals surface area contributed by atoms with Gasteiger partial charge in [0.1, 0.15) is 5.82 Å². The quantitative estimate of drug-likeness (QED) is 0.885. The molecule has 0 saturated heterocycles. The summed E-state index contributed by atoms with van der Waals surface area (Å²) in [5.74, 6) is -0.512. The Hall–Kier alpha value is -1.68. The Morgan fingerprint density at radius 2 is 2.00 bits per heavy atom. The fourth-order valence-corrected chi connectivity index (χ4v) is 2.34. The van der Waals surface area contributed by atoms with Crippen molar-refractivity contribution in [2.75, 3.05) is 0 Å². The van der Waals surface area contributed by atoms with E-state index in [4.69, 9.17) is 0 Å². The van der Waals surface area contributed by atoms with Crippen LogP contribution in [-0.2, 0) is 0 Å². The number of rotatable bonds is 3. The summed E-state index contributed by atoms with van der Waals surface area (Å²) in [7, 11) is 0. The average molecular weight is 336 g/mol. The Kier molecular flexibility index (Phi) is 4.55. The maximum atomic E-state index is 13.2. The third-order valence-corrected chi connectivity index (χ3v) is 3.61. The number of carbonyl (C=O) groups is 1. The van der Waals surface area contributed by atoms with E-state index in [1.54, 1.807) is 13.0 Å². The zero-order chi connectivity index (χ0) is 14.7. The van der Waals surface area contributed by atoms with Crippen molar-refractivity contribution in [3.63, 3.8) is 0 Å². The molecule has 0 aromatic heterocycles. The van der Waals surface area contributed by atoms with Gasteiger partial charge in [0.25, 0.3) is 5.91 Å². The second kappa shape index (κ2) is 6.18. The molecule has 2 rings (SSSR count). The smallest absolute Gasteiger partial charge is 0.251 e. The number of benzene rings is 2. The third-order valence-electron chi connectivity index (χ3n) is 3.12. The highest BCUT2D eigenvalue weighted by atomic mass is 79.9. The van der Waals surface area contributed by atoms with Gasteiger partial charge >= 0.3 is 0 Å². The zero-order valence-electron chi connectivity index (χ0n) is 11.3. The van der Waals surface area contributed by atoms with Gasteiger partial charge in [0.05, 0.1) is 6.04 Å². The standard InChI is InChI=1S/C16H15BrFNO/c1-10-8-13(6-7-15(10)18)16(20)19-11(2)12-4-3-5-14(17)9-12/h3-9,11H,1-2H3,(H,19,20). The van der Waals surface area contributed by atoms with Crippen LogP contribution in [0, 0.1) is 12.7 Å². The average Bonchev–Trinajstić information content (AvgIpc) is 2.41. The molecule has 104 valence electrons. The molecule has 20 heavy (non-hydrogen) atoms. The van der Waals surface area contributed by atoms with E-state index in [0.29, 0.717) is 11.1 Å². The summed E-state index contributed by atoms with van der Waals surface area (Å²) in [4.78, 5) is 12.1. The molecule has 1 N–H and O–H groups in total. The predicted molar refractivity (Wildman–Crippen MR) is 81.2 cm³/mol.